The summed E-state index contributed by atoms with van der Waals surface area (Å²) in [6.45, 7) is 7.07. The zero-order valence-electron chi connectivity index (χ0n) is 14.2. The third-order valence-corrected chi connectivity index (χ3v) is 5.02. The van der Waals surface area contributed by atoms with Gasteiger partial charge >= 0.3 is 0 Å². The molecular formula is C16H25BrN4OS. The molecule has 23 heavy (non-hydrogen) atoms. The highest BCUT2D eigenvalue weighted by atomic mass is 79.9. The van der Waals surface area contributed by atoms with Crippen LogP contribution < -0.4 is 9.46 Å². The third kappa shape index (κ3) is 4.32. The number of aromatic nitrogens is 3. The molecule has 0 unspecified atom stereocenters. The van der Waals surface area contributed by atoms with Gasteiger partial charge in [0.05, 0.1) is 11.1 Å². The lowest BCUT2D eigenvalue weighted by Gasteiger charge is -2.23. The molecule has 1 aliphatic rings. The van der Waals surface area contributed by atoms with Gasteiger partial charge in [-0.25, -0.2) is 0 Å². The van der Waals surface area contributed by atoms with Gasteiger partial charge in [0.25, 0.3) is 0 Å². The predicted molar refractivity (Wildman–Crippen MR) is 101 cm³/mol. The van der Waals surface area contributed by atoms with Crippen molar-refractivity contribution in [3.05, 3.63) is 16.7 Å². The molecule has 1 aliphatic carbocycles. The Kier molecular flexibility index (Phi) is 6.59. The van der Waals surface area contributed by atoms with E-state index in [2.05, 4.69) is 37.8 Å². The molecule has 2 heterocycles. The molecule has 0 saturated heterocycles. The molecule has 2 aromatic heterocycles. The molecule has 1 N–H and O–H groups in total. The van der Waals surface area contributed by atoms with Crippen molar-refractivity contribution in [3.63, 3.8) is 0 Å². The number of ether oxygens (including phenoxy) is 1. The fraction of sp³-hybridized carbons (Fsp3) is 0.625. The van der Waals surface area contributed by atoms with Crippen LogP contribution in [-0.2, 0) is 0 Å². The van der Waals surface area contributed by atoms with Crippen molar-refractivity contribution in [1.29, 1.82) is 0 Å². The molecule has 0 amide bonds. The molecule has 3 rings (SSSR count). The molecular weight excluding hydrogens is 376 g/mol. The minimum Gasteiger partial charge on any atom is -0.492 e. The average Bonchev–Trinajstić information content (AvgIpc) is 3.15. The summed E-state index contributed by atoms with van der Waals surface area (Å²) in [4.78, 5) is 0. The summed E-state index contributed by atoms with van der Waals surface area (Å²) >= 11 is 5.07. The molecule has 1 fully saturated rings. The van der Waals surface area contributed by atoms with Crippen LogP contribution >= 0.6 is 27.9 Å². The number of rotatable bonds is 5. The van der Waals surface area contributed by atoms with Crippen LogP contribution in [-0.4, -0.2) is 27.5 Å². The second-order valence-electron chi connectivity index (χ2n) is 5.85. The number of fused-ring (bicyclic) bond motifs is 1. The second kappa shape index (κ2) is 8.24. The fourth-order valence-electron chi connectivity index (χ4n) is 2.79. The summed E-state index contributed by atoms with van der Waals surface area (Å²) in [5, 5.41) is 8.30. The normalized spacial score (nSPS) is 16.0. The molecule has 5 nitrogen and oxygen atoms in total. The molecule has 0 aromatic carbocycles. The first-order valence-electron chi connectivity index (χ1n) is 8.07. The van der Waals surface area contributed by atoms with Gasteiger partial charge in [-0.3, -0.25) is 9.12 Å². The minimum atomic E-state index is 0.310. The number of nitrogens with one attached hydrogen (secondary N) is 1. The summed E-state index contributed by atoms with van der Waals surface area (Å²) in [5.41, 5.74) is 1.09. The van der Waals surface area contributed by atoms with Gasteiger partial charge in [0, 0.05) is 23.9 Å². The van der Waals surface area contributed by atoms with E-state index in [9.17, 15) is 0 Å². The highest BCUT2D eigenvalue weighted by Crippen LogP contribution is 2.38. The Morgan fingerprint density at radius 1 is 1.35 bits per heavy atom. The number of hydrogen-bond donors (Lipinski definition) is 1. The molecule has 1 saturated carbocycles. The second-order valence-corrected chi connectivity index (χ2v) is 7.32. The molecule has 0 bridgehead atoms. The third-order valence-electron chi connectivity index (χ3n) is 4.04. The van der Waals surface area contributed by atoms with E-state index in [1.165, 1.54) is 37.6 Å². The zero-order valence-corrected chi connectivity index (χ0v) is 16.6. The van der Waals surface area contributed by atoms with E-state index in [1.54, 1.807) is 0 Å². The average molecular weight is 401 g/mol. The maximum atomic E-state index is 6.05. The molecule has 0 aliphatic heterocycles. The first kappa shape index (κ1) is 18.4. The predicted octanol–water partition coefficient (Wildman–Crippen LogP) is 5.17. The van der Waals surface area contributed by atoms with Crippen LogP contribution in [0, 0.1) is 5.41 Å². The van der Waals surface area contributed by atoms with Gasteiger partial charge in [-0.05, 0) is 28.8 Å². The van der Waals surface area contributed by atoms with E-state index in [0.29, 0.717) is 11.4 Å². The van der Waals surface area contributed by atoms with E-state index in [1.807, 2.05) is 36.8 Å². The zero-order chi connectivity index (χ0) is 16.9. The largest absolute Gasteiger partial charge is 0.492 e. The molecule has 0 radical (unpaired) electrons. The van der Waals surface area contributed by atoms with E-state index in [4.69, 9.17) is 4.74 Å². The van der Waals surface area contributed by atoms with Gasteiger partial charge in [0.1, 0.15) is 5.75 Å². The standard InChI is InChI=1S/C14H19BrN4OS.C2H6/c1-14(5-3-4-6-14)9-20-11-7-12-16-17-13(18-21-2)19(12)8-10(11)15;1-2/h7-8H,3-6,9H2,1-2H3,(H,17,18);1-2H3. The van der Waals surface area contributed by atoms with Gasteiger partial charge in [0.2, 0.25) is 5.95 Å². The quantitative estimate of drug-likeness (QED) is 0.701. The summed E-state index contributed by atoms with van der Waals surface area (Å²) in [6.07, 6.45) is 9.02. The van der Waals surface area contributed by atoms with Crippen LogP contribution in [0.5, 0.6) is 5.75 Å². The Hall–Kier alpha value is -0.950. The smallest absolute Gasteiger partial charge is 0.239 e. The Bertz CT molecular complexity index is 640. The Balaban J connectivity index is 0.000000924. The van der Waals surface area contributed by atoms with Gasteiger partial charge < -0.3 is 4.74 Å². The summed E-state index contributed by atoms with van der Waals surface area (Å²) in [5.74, 6) is 1.55. The fourth-order valence-corrected chi connectivity index (χ4v) is 3.54. The van der Waals surface area contributed by atoms with E-state index in [-0.39, 0.29) is 0 Å². The first-order valence-corrected chi connectivity index (χ1v) is 10.1. The first-order chi connectivity index (χ1) is 11.1. The van der Waals surface area contributed by atoms with Crippen LogP contribution in [0.4, 0.5) is 5.95 Å². The molecule has 7 heteroatoms. The highest BCUT2D eigenvalue weighted by Gasteiger charge is 2.29. The number of hydrogen-bond acceptors (Lipinski definition) is 5. The van der Waals surface area contributed by atoms with Gasteiger partial charge in [-0.1, -0.05) is 45.6 Å². The molecule has 0 atom stereocenters. The van der Waals surface area contributed by atoms with Crippen LogP contribution in [0.25, 0.3) is 5.65 Å². The van der Waals surface area contributed by atoms with Gasteiger partial charge in [0.15, 0.2) is 5.65 Å². The van der Waals surface area contributed by atoms with Crippen molar-refractivity contribution in [2.75, 3.05) is 17.6 Å². The molecule has 0 spiro atoms. The van der Waals surface area contributed by atoms with E-state index in [0.717, 1.165) is 22.5 Å². The SMILES string of the molecule is CC.CSNc1nnc2cc(OCC3(C)CCCC3)c(Br)cn12. The van der Waals surface area contributed by atoms with Crippen LogP contribution in [0.1, 0.15) is 46.5 Å². The van der Waals surface area contributed by atoms with Crippen LogP contribution in [0.15, 0.2) is 16.7 Å². The van der Waals surface area contributed by atoms with Crippen molar-refractivity contribution in [2.24, 2.45) is 5.41 Å². The Morgan fingerprint density at radius 2 is 2.04 bits per heavy atom. The lowest BCUT2D eigenvalue weighted by molar-refractivity contribution is 0.167. The van der Waals surface area contributed by atoms with Crippen molar-refractivity contribution < 1.29 is 4.74 Å². The number of pyridine rings is 1. The van der Waals surface area contributed by atoms with E-state index < -0.39 is 0 Å². The van der Waals surface area contributed by atoms with Crippen molar-refractivity contribution in [3.8, 4) is 5.75 Å². The highest BCUT2D eigenvalue weighted by molar-refractivity contribution is 9.10. The summed E-state index contributed by atoms with van der Waals surface area (Å²) < 4.78 is 12.0. The van der Waals surface area contributed by atoms with Crippen molar-refractivity contribution in [2.45, 2.75) is 46.5 Å². The van der Waals surface area contributed by atoms with Crippen molar-refractivity contribution in [1.82, 2.24) is 14.6 Å². The van der Waals surface area contributed by atoms with E-state index >= 15 is 0 Å². The number of anilines is 1. The summed E-state index contributed by atoms with van der Waals surface area (Å²) in [6, 6.07) is 1.93. The number of halogens is 1. The summed E-state index contributed by atoms with van der Waals surface area (Å²) in [7, 11) is 0. The maximum Gasteiger partial charge on any atom is 0.239 e. The molecule has 128 valence electrons. The lowest BCUT2D eigenvalue weighted by atomic mass is 9.90. The lowest BCUT2D eigenvalue weighted by Crippen LogP contribution is -2.21. The number of nitrogens with zero attached hydrogens (tertiary/aromatic N) is 3. The van der Waals surface area contributed by atoms with Gasteiger partial charge in [-0.15, -0.1) is 10.2 Å². The topological polar surface area (TPSA) is 51.5 Å². The molecule has 2 aromatic rings. The van der Waals surface area contributed by atoms with Crippen molar-refractivity contribution >= 4 is 39.5 Å². The Labute approximate surface area is 150 Å². The van der Waals surface area contributed by atoms with Crippen LogP contribution in [0.3, 0.4) is 0 Å². The monoisotopic (exact) mass is 400 g/mol. The van der Waals surface area contributed by atoms with Gasteiger partial charge in [-0.2, -0.15) is 0 Å². The Morgan fingerprint density at radius 3 is 2.70 bits per heavy atom. The maximum absolute atomic E-state index is 6.05. The van der Waals surface area contributed by atoms with Crippen LogP contribution in [0.2, 0.25) is 0 Å². The minimum absolute atomic E-state index is 0.310.